The molecule has 2 aliphatic rings. The third-order valence-electron chi connectivity index (χ3n) is 6.63. The van der Waals surface area contributed by atoms with Gasteiger partial charge in [-0.05, 0) is 69.9 Å². The van der Waals surface area contributed by atoms with E-state index in [1.807, 2.05) is 0 Å². The monoisotopic (exact) mass is 454 g/mol. The first-order valence-electron chi connectivity index (χ1n) is 12.1. The van der Waals surface area contributed by atoms with Crippen LogP contribution in [0.5, 0.6) is 11.5 Å². The standard InChI is InChI=1S/C25H36F2O5/c1-3-5-6-7-18-10-13-20(32-25(18)28)17-8-11-19(12-9-17)30-16-31-22-15-14-21(29-4-2)23(26)24(22)27/h14-15,17-20H,3-13,16H2,1-2H3. The number of ether oxygens (including phenoxy) is 4. The lowest BCUT2D eigenvalue weighted by Gasteiger charge is -2.37. The van der Waals surface area contributed by atoms with Crippen LogP contribution in [0.25, 0.3) is 0 Å². The molecule has 0 aromatic heterocycles. The molecule has 7 heteroatoms. The quantitative estimate of drug-likeness (QED) is 0.227. The van der Waals surface area contributed by atoms with Crippen LogP contribution in [-0.2, 0) is 14.3 Å². The van der Waals surface area contributed by atoms with Crippen LogP contribution in [-0.4, -0.2) is 31.6 Å². The summed E-state index contributed by atoms with van der Waals surface area (Å²) in [5.41, 5.74) is 0. The number of hydrogen-bond donors (Lipinski definition) is 0. The van der Waals surface area contributed by atoms with Gasteiger partial charge in [-0.1, -0.05) is 26.2 Å². The average Bonchev–Trinajstić information content (AvgIpc) is 2.80. The molecule has 1 heterocycles. The summed E-state index contributed by atoms with van der Waals surface area (Å²) in [6.07, 6.45) is 9.79. The first kappa shape index (κ1) is 24.7. The number of unbranched alkanes of at least 4 members (excludes halogenated alkanes) is 2. The van der Waals surface area contributed by atoms with Crippen molar-refractivity contribution in [3.8, 4) is 11.5 Å². The van der Waals surface area contributed by atoms with Gasteiger partial charge in [0.05, 0.1) is 18.6 Å². The summed E-state index contributed by atoms with van der Waals surface area (Å²) in [7, 11) is 0. The van der Waals surface area contributed by atoms with Crippen LogP contribution >= 0.6 is 0 Å². The topological polar surface area (TPSA) is 54.0 Å². The van der Waals surface area contributed by atoms with Crippen LogP contribution < -0.4 is 9.47 Å². The average molecular weight is 455 g/mol. The molecule has 1 aromatic carbocycles. The molecule has 1 aliphatic heterocycles. The summed E-state index contributed by atoms with van der Waals surface area (Å²) in [6, 6.07) is 2.69. The zero-order chi connectivity index (χ0) is 22.9. The predicted octanol–water partition coefficient (Wildman–Crippen LogP) is 6.18. The van der Waals surface area contributed by atoms with Crippen molar-refractivity contribution in [1.82, 2.24) is 0 Å². The fourth-order valence-electron chi connectivity index (χ4n) is 4.74. The normalized spacial score (nSPS) is 25.9. The Morgan fingerprint density at radius 3 is 2.25 bits per heavy atom. The van der Waals surface area contributed by atoms with Gasteiger partial charge in [-0.25, -0.2) is 0 Å². The van der Waals surface area contributed by atoms with Gasteiger partial charge < -0.3 is 18.9 Å². The molecular weight excluding hydrogens is 418 g/mol. The van der Waals surface area contributed by atoms with Crippen molar-refractivity contribution in [3.05, 3.63) is 23.8 Å². The van der Waals surface area contributed by atoms with Gasteiger partial charge in [-0.2, -0.15) is 8.78 Å². The maximum atomic E-state index is 14.1. The smallest absolute Gasteiger partial charge is 0.309 e. The molecule has 1 aromatic rings. The number of cyclic esters (lactones) is 1. The molecule has 2 atom stereocenters. The Labute approximate surface area is 189 Å². The van der Waals surface area contributed by atoms with Crippen LogP contribution in [0, 0.1) is 23.5 Å². The molecule has 32 heavy (non-hydrogen) atoms. The van der Waals surface area contributed by atoms with Crippen molar-refractivity contribution < 1.29 is 32.5 Å². The Bertz CT molecular complexity index is 733. The maximum Gasteiger partial charge on any atom is 0.309 e. The number of halogens is 2. The highest BCUT2D eigenvalue weighted by Crippen LogP contribution is 2.36. The zero-order valence-electron chi connectivity index (χ0n) is 19.2. The van der Waals surface area contributed by atoms with Gasteiger partial charge in [-0.3, -0.25) is 4.79 Å². The molecule has 1 saturated carbocycles. The van der Waals surface area contributed by atoms with Crippen LogP contribution in [0.3, 0.4) is 0 Å². The van der Waals surface area contributed by atoms with E-state index in [4.69, 9.17) is 18.9 Å². The largest absolute Gasteiger partial charge is 0.491 e. The molecule has 180 valence electrons. The van der Waals surface area contributed by atoms with Crippen molar-refractivity contribution in [1.29, 1.82) is 0 Å². The number of benzene rings is 1. The van der Waals surface area contributed by atoms with Gasteiger partial charge in [-0.15, -0.1) is 0 Å². The van der Waals surface area contributed by atoms with Crippen molar-refractivity contribution >= 4 is 5.97 Å². The van der Waals surface area contributed by atoms with Crippen molar-refractivity contribution in [2.45, 2.75) is 90.3 Å². The lowest BCUT2D eigenvalue weighted by molar-refractivity contribution is -0.166. The van der Waals surface area contributed by atoms with E-state index in [0.717, 1.165) is 57.8 Å². The van der Waals surface area contributed by atoms with Gasteiger partial charge in [0.1, 0.15) is 6.10 Å². The van der Waals surface area contributed by atoms with Gasteiger partial charge in [0.25, 0.3) is 0 Å². The molecule has 5 nitrogen and oxygen atoms in total. The van der Waals surface area contributed by atoms with E-state index in [2.05, 4.69) is 6.92 Å². The predicted molar refractivity (Wildman–Crippen MR) is 117 cm³/mol. The van der Waals surface area contributed by atoms with E-state index in [9.17, 15) is 13.6 Å². The molecule has 0 spiro atoms. The first-order chi connectivity index (χ1) is 15.5. The molecular formula is C25H36F2O5. The molecule has 2 unspecified atom stereocenters. The number of carbonyl (C=O) groups excluding carboxylic acids is 1. The van der Waals surface area contributed by atoms with E-state index < -0.39 is 11.6 Å². The van der Waals surface area contributed by atoms with E-state index in [0.29, 0.717) is 5.92 Å². The Kier molecular flexibility index (Phi) is 9.57. The summed E-state index contributed by atoms with van der Waals surface area (Å²) in [5.74, 6) is -2.03. The van der Waals surface area contributed by atoms with Gasteiger partial charge in [0, 0.05) is 0 Å². The zero-order valence-corrected chi connectivity index (χ0v) is 19.2. The molecule has 3 rings (SSSR count). The van der Waals surface area contributed by atoms with Crippen molar-refractivity contribution in [2.75, 3.05) is 13.4 Å². The minimum absolute atomic E-state index is 0.00272. The van der Waals surface area contributed by atoms with Crippen LogP contribution in [0.2, 0.25) is 0 Å². The van der Waals surface area contributed by atoms with Crippen molar-refractivity contribution in [2.24, 2.45) is 11.8 Å². The van der Waals surface area contributed by atoms with E-state index in [-0.39, 0.29) is 49.0 Å². The number of rotatable bonds is 11. The highest BCUT2D eigenvalue weighted by atomic mass is 19.2. The van der Waals surface area contributed by atoms with Crippen molar-refractivity contribution in [3.63, 3.8) is 0 Å². The van der Waals surface area contributed by atoms with Gasteiger partial charge >= 0.3 is 5.97 Å². The molecule has 0 bridgehead atoms. The lowest BCUT2D eigenvalue weighted by atomic mass is 9.80. The molecule has 0 N–H and O–H groups in total. The SMILES string of the molecule is CCCCCC1CCC(C2CCC(OCOc3ccc(OCC)c(F)c3F)CC2)OC1=O. The highest BCUT2D eigenvalue weighted by molar-refractivity contribution is 5.73. The van der Waals surface area contributed by atoms with Gasteiger partial charge in [0.2, 0.25) is 11.6 Å². The second-order valence-electron chi connectivity index (χ2n) is 8.83. The lowest BCUT2D eigenvalue weighted by Crippen LogP contribution is -2.38. The minimum atomic E-state index is -1.07. The second-order valence-corrected chi connectivity index (χ2v) is 8.83. The Hall–Kier alpha value is -1.89. The Morgan fingerprint density at radius 2 is 1.62 bits per heavy atom. The molecule has 2 fully saturated rings. The fraction of sp³-hybridized carbons (Fsp3) is 0.720. The van der Waals surface area contributed by atoms with E-state index in [1.165, 1.54) is 18.6 Å². The third-order valence-corrected chi connectivity index (χ3v) is 6.63. The summed E-state index contributed by atoms with van der Waals surface area (Å²) < 4.78 is 49.9. The summed E-state index contributed by atoms with van der Waals surface area (Å²) in [6.45, 7) is 3.98. The van der Waals surface area contributed by atoms with E-state index in [1.54, 1.807) is 6.92 Å². The maximum absolute atomic E-state index is 14.1. The van der Waals surface area contributed by atoms with Crippen LogP contribution in [0.15, 0.2) is 12.1 Å². The van der Waals surface area contributed by atoms with Gasteiger partial charge in [0.15, 0.2) is 18.3 Å². The first-order valence-corrected chi connectivity index (χ1v) is 12.1. The fourth-order valence-corrected chi connectivity index (χ4v) is 4.74. The number of carbonyl (C=O) groups is 1. The summed E-state index contributed by atoms with van der Waals surface area (Å²) in [5, 5.41) is 0. The summed E-state index contributed by atoms with van der Waals surface area (Å²) >= 11 is 0. The van der Waals surface area contributed by atoms with Crippen LogP contribution in [0.4, 0.5) is 8.78 Å². The van der Waals surface area contributed by atoms with Crippen LogP contribution in [0.1, 0.15) is 78.1 Å². The molecule has 1 aliphatic carbocycles. The Balaban J connectivity index is 1.37. The number of esters is 1. The second kappa shape index (κ2) is 12.4. The summed E-state index contributed by atoms with van der Waals surface area (Å²) in [4.78, 5) is 12.4. The molecule has 0 radical (unpaired) electrons. The minimum Gasteiger partial charge on any atom is -0.491 e. The third kappa shape index (κ3) is 6.56. The molecule has 0 amide bonds. The highest BCUT2D eigenvalue weighted by Gasteiger charge is 2.36. The molecule has 1 saturated heterocycles. The number of hydrogen-bond acceptors (Lipinski definition) is 5. The Morgan fingerprint density at radius 1 is 0.938 bits per heavy atom. The van der Waals surface area contributed by atoms with E-state index >= 15 is 0 Å².